The molecule has 0 heterocycles. The lowest BCUT2D eigenvalue weighted by atomic mass is 9.84. The number of carboxylic acids is 1. The van der Waals surface area contributed by atoms with Gasteiger partial charge in [-0.05, 0) is 25.7 Å². The number of carboxylic acid groups (broad SMARTS) is 1. The smallest absolute Gasteiger partial charge is 0.305 e. The molecule has 1 saturated carbocycles. The maximum absolute atomic E-state index is 10.5. The lowest BCUT2D eigenvalue weighted by Gasteiger charge is -2.32. The lowest BCUT2D eigenvalue weighted by Crippen LogP contribution is -2.31. The molecule has 3 heteroatoms. The first-order chi connectivity index (χ1) is 7.13. The van der Waals surface area contributed by atoms with Crippen molar-refractivity contribution in [1.82, 2.24) is 0 Å². The average Bonchev–Trinajstić information content (AvgIpc) is 2.17. The van der Waals surface area contributed by atoms with Crippen molar-refractivity contribution in [3.8, 4) is 0 Å². The van der Waals surface area contributed by atoms with Gasteiger partial charge in [0.2, 0.25) is 0 Å². The van der Waals surface area contributed by atoms with Crippen molar-refractivity contribution >= 4 is 5.97 Å². The second kappa shape index (κ2) is 6.11. The van der Waals surface area contributed by atoms with Crippen molar-refractivity contribution in [2.75, 3.05) is 0 Å². The van der Waals surface area contributed by atoms with Crippen LogP contribution in [-0.4, -0.2) is 23.3 Å². The predicted octanol–water partition coefficient (Wildman–Crippen LogP) is 2.84. The zero-order valence-corrected chi connectivity index (χ0v) is 9.74. The molecule has 1 rings (SSSR count). The molecule has 0 aromatic carbocycles. The molecule has 0 bridgehead atoms. The molecule has 1 aliphatic carbocycles. The topological polar surface area (TPSA) is 46.5 Å². The van der Waals surface area contributed by atoms with Gasteiger partial charge in [-0.25, -0.2) is 0 Å². The van der Waals surface area contributed by atoms with E-state index in [4.69, 9.17) is 9.84 Å². The van der Waals surface area contributed by atoms with E-state index in [9.17, 15) is 4.79 Å². The van der Waals surface area contributed by atoms with E-state index in [0.717, 1.165) is 12.8 Å². The maximum Gasteiger partial charge on any atom is 0.305 e. The van der Waals surface area contributed by atoms with Crippen LogP contribution in [0.2, 0.25) is 0 Å². The standard InChI is InChI=1S/C12H22O3/c1-3-10-6-4-5-7-11(10)15-9(2)8-12(13)14/h9-11H,3-8H2,1-2H3,(H,13,14)/t9-,10?,11?/m0/s1. The highest BCUT2D eigenvalue weighted by molar-refractivity contribution is 5.67. The highest BCUT2D eigenvalue weighted by Crippen LogP contribution is 2.30. The number of hydrogen-bond donors (Lipinski definition) is 1. The van der Waals surface area contributed by atoms with E-state index in [1.165, 1.54) is 19.3 Å². The minimum Gasteiger partial charge on any atom is -0.481 e. The van der Waals surface area contributed by atoms with Crippen LogP contribution in [0.3, 0.4) is 0 Å². The van der Waals surface area contributed by atoms with Gasteiger partial charge in [0.05, 0.1) is 18.6 Å². The molecule has 1 fully saturated rings. The van der Waals surface area contributed by atoms with Crippen LogP contribution in [-0.2, 0) is 9.53 Å². The van der Waals surface area contributed by atoms with E-state index in [1.54, 1.807) is 0 Å². The van der Waals surface area contributed by atoms with E-state index in [0.29, 0.717) is 5.92 Å². The summed E-state index contributed by atoms with van der Waals surface area (Å²) in [6.45, 7) is 4.05. The fourth-order valence-corrected chi connectivity index (χ4v) is 2.41. The van der Waals surface area contributed by atoms with Crippen LogP contribution in [0.15, 0.2) is 0 Å². The zero-order valence-electron chi connectivity index (χ0n) is 9.74. The molecule has 0 aromatic rings. The Morgan fingerprint density at radius 1 is 1.47 bits per heavy atom. The molecular formula is C12H22O3. The minimum atomic E-state index is -0.772. The first-order valence-corrected chi connectivity index (χ1v) is 6.00. The first-order valence-electron chi connectivity index (χ1n) is 6.00. The first kappa shape index (κ1) is 12.5. The van der Waals surface area contributed by atoms with Crippen LogP contribution in [0.4, 0.5) is 0 Å². The molecule has 1 N–H and O–H groups in total. The molecule has 0 saturated heterocycles. The quantitative estimate of drug-likeness (QED) is 0.765. The summed E-state index contributed by atoms with van der Waals surface area (Å²) in [5.74, 6) is -0.138. The Labute approximate surface area is 91.8 Å². The Morgan fingerprint density at radius 3 is 2.73 bits per heavy atom. The van der Waals surface area contributed by atoms with Crippen molar-refractivity contribution in [1.29, 1.82) is 0 Å². The number of carbonyl (C=O) groups is 1. The van der Waals surface area contributed by atoms with Crippen molar-refractivity contribution in [2.45, 2.75) is 64.6 Å². The summed E-state index contributed by atoms with van der Waals surface area (Å²) in [6.07, 6.45) is 6.26. The number of ether oxygens (including phenoxy) is 1. The molecule has 0 radical (unpaired) electrons. The lowest BCUT2D eigenvalue weighted by molar-refractivity contribution is -0.142. The van der Waals surface area contributed by atoms with Gasteiger partial charge >= 0.3 is 5.97 Å². The Kier molecular flexibility index (Phi) is 5.09. The van der Waals surface area contributed by atoms with E-state index in [1.807, 2.05) is 6.92 Å². The van der Waals surface area contributed by atoms with Crippen molar-refractivity contribution in [2.24, 2.45) is 5.92 Å². The molecule has 88 valence electrons. The molecule has 0 aliphatic heterocycles. The van der Waals surface area contributed by atoms with E-state index >= 15 is 0 Å². The van der Waals surface area contributed by atoms with Crippen molar-refractivity contribution in [3.63, 3.8) is 0 Å². The van der Waals surface area contributed by atoms with Gasteiger partial charge in [-0.2, -0.15) is 0 Å². The number of hydrogen-bond acceptors (Lipinski definition) is 2. The Hall–Kier alpha value is -0.570. The highest BCUT2D eigenvalue weighted by atomic mass is 16.5. The highest BCUT2D eigenvalue weighted by Gasteiger charge is 2.26. The monoisotopic (exact) mass is 214 g/mol. The van der Waals surface area contributed by atoms with Crippen molar-refractivity contribution in [3.05, 3.63) is 0 Å². The number of aliphatic carboxylic acids is 1. The van der Waals surface area contributed by atoms with E-state index in [2.05, 4.69) is 6.92 Å². The largest absolute Gasteiger partial charge is 0.481 e. The van der Waals surface area contributed by atoms with Crippen LogP contribution in [0.5, 0.6) is 0 Å². The third-order valence-corrected chi connectivity index (χ3v) is 3.23. The summed E-state index contributed by atoms with van der Waals surface area (Å²) >= 11 is 0. The molecule has 0 spiro atoms. The van der Waals surface area contributed by atoms with Crippen LogP contribution in [0.25, 0.3) is 0 Å². The van der Waals surface area contributed by atoms with Gasteiger partial charge in [-0.1, -0.05) is 26.2 Å². The van der Waals surface area contributed by atoms with Crippen LogP contribution >= 0.6 is 0 Å². The predicted molar refractivity (Wildman–Crippen MR) is 58.8 cm³/mol. The minimum absolute atomic E-state index is 0.118. The van der Waals surface area contributed by atoms with Gasteiger partial charge in [0.15, 0.2) is 0 Å². The summed E-state index contributed by atoms with van der Waals surface area (Å²) < 4.78 is 5.82. The van der Waals surface area contributed by atoms with Gasteiger partial charge in [0.25, 0.3) is 0 Å². The Morgan fingerprint density at radius 2 is 2.13 bits per heavy atom. The van der Waals surface area contributed by atoms with Gasteiger partial charge in [0, 0.05) is 0 Å². The van der Waals surface area contributed by atoms with Crippen LogP contribution in [0.1, 0.15) is 52.4 Å². The number of rotatable bonds is 5. The van der Waals surface area contributed by atoms with Gasteiger partial charge in [-0.3, -0.25) is 4.79 Å². The third-order valence-electron chi connectivity index (χ3n) is 3.23. The van der Waals surface area contributed by atoms with Crippen molar-refractivity contribution < 1.29 is 14.6 Å². The maximum atomic E-state index is 10.5. The van der Waals surface area contributed by atoms with E-state index < -0.39 is 5.97 Å². The summed E-state index contributed by atoms with van der Waals surface area (Å²) in [6, 6.07) is 0. The second-order valence-corrected chi connectivity index (χ2v) is 4.54. The fraction of sp³-hybridized carbons (Fsp3) is 0.917. The summed E-state index contributed by atoms with van der Waals surface area (Å²) in [7, 11) is 0. The molecular weight excluding hydrogens is 192 g/mol. The second-order valence-electron chi connectivity index (χ2n) is 4.54. The summed E-state index contributed by atoms with van der Waals surface area (Å²) in [4.78, 5) is 10.5. The molecule has 0 amide bonds. The zero-order chi connectivity index (χ0) is 11.3. The average molecular weight is 214 g/mol. The Bertz CT molecular complexity index is 203. The van der Waals surface area contributed by atoms with Crippen LogP contribution < -0.4 is 0 Å². The molecule has 2 unspecified atom stereocenters. The molecule has 3 atom stereocenters. The molecule has 3 nitrogen and oxygen atoms in total. The normalized spacial score (nSPS) is 28.7. The van der Waals surface area contributed by atoms with Gasteiger partial charge < -0.3 is 9.84 Å². The van der Waals surface area contributed by atoms with Crippen LogP contribution in [0, 0.1) is 5.92 Å². The summed E-state index contributed by atoms with van der Waals surface area (Å²) in [5, 5.41) is 8.66. The molecule has 0 aromatic heterocycles. The molecule has 1 aliphatic rings. The van der Waals surface area contributed by atoms with E-state index in [-0.39, 0.29) is 18.6 Å². The molecule has 15 heavy (non-hydrogen) atoms. The summed E-state index contributed by atoms with van der Waals surface area (Å²) in [5.41, 5.74) is 0. The Balaban J connectivity index is 2.37. The fourth-order valence-electron chi connectivity index (χ4n) is 2.41. The van der Waals surface area contributed by atoms with Gasteiger partial charge in [-0.15, -0.1) is 0 Å². The van der Waals surface area contributed by atoms with Gasteiger partial charge in [0.1, 0.15) is 0 Å². The third kappa shape index (κ3) is 4.20. The SMILES string of the molecule is CCC1CCCCC1O[C@@H](C)CC(=O)O.